The first kappa shape index (κ1) is 13.7. The van der Waals surface area contributed by atoms with Gasteiger partial charge < -0.3 is 5.32 Å². The van der Waals surface area contributed by atoms with E-state index in [2.05, 4.69) is 5.32 Å². The van der Waals surface area contributed by atoms with Crippen LogP contribution in [0.15, 0.2) is 23.1 Å². The Hall–Kier alpha value is -0.690. The van der Waals surface area contributed by atoms with Crippen LogP contribution in [-0.2, 0) is 10.0 Å². The summed E-state index contributed by atoms with van der Waals surface area (Å²) < 4.78 is 38.9. The second kappa shape index (κ2) is 5.13. The molecule has 0 bridgehead atoms. The molecule has 0 spiro atoms. The summed E-state index contributed by atoms with van der Waals surface area (Å²) in [5, 5.41) is 3.01. The van der Waals surface area contributed by atoms with Crippen molar-refractivity contribution in [3.05, 3.63) is 29.0 Å². The third-order valence-electron chi connectivity index (χ3n) is 3.10. The lowest BCUT2D eigenvalue weighted by atomic mass is 10.3. The average Bonchev–Trinajstić information content (AvgIpc) is 2.80. The maximum atomic E-state index is 12.9. The molecule has 0 saturated carbocycles. The first-order chi connectivity index (χ1) is 8.43. The fourth-order valence-corrected chi connectivity index (χ4v) is 3.87. The number of sulfonamides is 1. The Morgan fingerprint density at radius 1 is 1.50 bits per heavy atom. The molecule has 1 aliphatic heterocycles. The van der Waals surface area contributed by atoms with Gasteiger partial charge in [0.1, 0.15) is 10.7 Å². The van der Waals surface area contributed by atoms with E-state index < -0.39 is 15.8 Å². The van der Waals surface area contributed by atoms with Crippen LogP contribution in [-0.4, -0.2) is 38.9 Å². The minimum Gasteiger partial charge on any atom is -0.315 e. The Labute approximate surface area is 111 Å². The Balaban J connectivity index is 2.35. The molecule has 1 unspecified atom stereocenters. The monoisotopic (exact) mass is 292 g/mol. The van der Waals surface area contributed by atoms with Crippen molar-refractivity contribution >= 4 is 21.6 Å². The summed E-state index contributed by atoms with van der Waals surface area (Å²) in [6, 6.07) is 3.22. The Bertz CT molecular complexity index is 544. The number of benzene rings is 1. The van der Waals surface area contributed by atoms with E-state index in [1.165, 1.54) is 17.4 Å². The quantitative estimate of drug-likeness (QED) is 0.918. The molecule has 0 aliphatic carbocycles. The highest BCUT2D eigenvalue weighted by Gasteiger charge is 2.31. The highest BCUT2D eigenvalue weighted by Crippen LogP contribution is 2.26. The highest BCUT2D eigenvalue weighted by atomic mass is 35.5. The van der Waals surface area contributed by atoms with Crippen molar-refractivity contribution in [1.29, 1.82) is 0 Å². The van der Waals surface area contributed by atoms with E-state index in [1.807, 2.05) is 0 Å². The number of hydrogen-bond acceptors (Lipinski definition) is 3. The van der Waals surface area contributed by atoms with Gasteiger partial charge in [0.05, 0.1) is 5.02 Å². The number of rotatable bonds is 3. The Morgan fingerprint density at radius 2 is 2.22 bits per heavy atom. The van der Waals surface area contributed by atoms with Crippen LogP contribution in [0.3, 0.4) is 0 Å². The van der Waals surface area contributed by atoms with Gasteiger partial charge in [-0.2, -0.15) is 4.31 Å². The number of hydrogen-bond donors (Lipinski definition) is 1. The standard InChI is InChI=1S/C11H14ClFN2O2S/c1-15(9-4-5-14-7-9)18(16,17)11-3-2-8(13)6-10(11)12/h2-3,6,9,14H,4-5,7H2,1H3. The van der Waals surface area contributed by atoms with Gasteiger partial charge in [-0.1, -0.05) is 11.6 Å². The van der Waals surface area contributed by atoms with Crippen LogP contribution in [0.25, 0.3) is 0 Å². The lowest BCUT2D eigenvalue weighted by molar-refractivity contribution is 0.387. The largest absolute Gasteiger partial charge is 0.315 e. The van der Waals surface area contributed by atoms with E-state index in [9.17, 15) is 12.8 Å². The lowest BCUT2D eigenvalue weighted by Gasteiger charge is -2.23. The molecule has 0 amide bonds. The van der Waals surface area contributed by atoms with Gasteiger partial charge in [-0.05, 0) is 31.2 Å². The van der Waals surface area contributed by atoms with Crippen molar-refractivity contribution in [2.45, 2.75) is 17.4 Å². The smallest absolute Gasteiger partial charge is 0.244 e. The van der Waals surface area contributed by atoms with Crippen LogP contribution in [0.2, 0.25) is 5.02 Å². The lowest BCUT2D eigenvalue weighted by Crippen LogP contribution is -2.38. The van der Waals surface area contributed by atoms with Gasteiger partial charge in [-0.25, -0.2) is 12.8 Å². The van der Waals surface area contributed by atoms with Gasteiger partial charge in [0.25, 0.3) is 0 Å². The topological polar surface area (TPSA) is 49.4 Å². The minimum absolute atomic E-state index is 0.0556. The normalized spacial score (nSPS) is 20.6. The SMILES string of the molecule is CN(C1CCNC1)S(=O)(=O)c1ccc(F)cc1Cl. The summed E-state index contributed by atoms with van der Waals surface area (Å²) in [6.45, 7) is 1.41. The zero-order valence-corrected chi connectivity index (χ0v) is 11.4. The van der Waals surface area contributed by atoms with Gasteiger partial charge >= 0.3 is 0 Å². The van der Waals surface area contributed by atoms with Gasteiger partial charge in [-0.15, -0.1) is 0 Å². The predicted octanol–water partition coefficient (Wildman–Crippen LogP) is 1.46. The number of nitrogens with one attached hydrogen (secondary N) is 1. The van der Waals surface area contributed by atoms with Gasteiger partial charge in [0.2, 0.25) is 10.0 Å². The van der Waals surface area contributed by atoms with E-state index in [0.29, 0.717) is 6.54 Å². The third kappa shape index (κ3) is 2.51. The van der Waals surface area contributed by atoms with Crippen LogP contribution < -0.4 is 5.32 Å². The number of halogens is 2. The van der Waals surface area contributed by atoms with Gasteiger partial charge in [0, 0.05) is 19.6 Å². The number of nitrogens with zero attached hydrogens (tertiary/aromatic N) is 1. The fourth-order valence-electron chi connectivity index (χ4n) is 1.99. The molecule has 0 aromatic heterocycles. The second-order valence-corrected chi connectivity index (χ2v) is 6.62. The van der Waals surface area contributed by atoms with Crippen LogP contribution in [0.4, 0.5) is 4.39 Å². The first-order valence-corrected chi connectivity index (χ1v) is 7.38. The van der Waals surface area contributed by atoms with Crippen molar-refractivity contribution in [3.8, 4) is 0 Å². The molecular formula is C11H14ClFN2O2S. The molecule has 1 aliphatic rings. The third-order valence-corrected chi connectivity index (χ3v) is 5.49. The van der Waals surface area contributed by atoms with Crippen LogP contribution >= 0.6 is 11.6 Å². The summed E-state index contributed by atoms with van der Waals surface area (Å²) in [4.78, 5) is -0.0556. The van der Waals surface area contributed by atoms with Crippen molar-refractivity contribution in [1.82, 2.24) is 9.62 Å². The van der Waals surface area contributed by atoms with Crippen molar-refractivity contribution in [3.63, 3.8) is 0 Å². The molecule has 4 nitrogen and oxygen atoms in total. The molecule has 2 rings (SSSR count). The molecule has 1 aromatic carbocycles. The molecule has 1 aromatic rings. The molecule has 1 saturated heterocycles. The number of likely N-dealkylation sites (N-methyl/N-ethyl adjacent to an activating group) is 1. The highest BCUT2D eigenvalue weighted by molar-refractivity contribution is 7.89. The maximum Gasteiger partial charge on any atom is 0.244 e. The molecule has 1 fully saturated rings. The van der Waals surface area contributed by atoms with Crippen LogP contribution in [0, 0.1) is 5.82 Å². The van der Waals surface area contributed by atoms with Crippen molar-refractivity contribution < 1.29 is 12.8 Å². The summed E-state index contributed by atoms with van der Waals surface area (Å²) in [6.07, 6.45) is 0.758. The minimum atomic E-state index is -3.68. The van der Waals surface area contributed by atoms with Crippen LogP contribution in [0.5, 0.6) is 0 Å². The van der Waals surface area contributed by atoms with E-state index in [0.717, 1.165) is 25.1 Å². The molecule has 0 radical (unpaired) electrons. The second-order valence-electron chi connectivity index (χ2n) is 4.24. The molecule has 7 heteroatoms. The zero-order valence-electron chi connectivity index (χ0n) is 9.86. The fraction of sp³-hybridized carbons (Fsp3) is 0.455. The molecule has 100 valence electrons. The summed E-state index contributed by atoms with van der Waals surface area (Å²) in [7, 11) is -2.15. The first-order valence-electron chi connectivity index (χ1n) is 5.57. The van der Waals surface area contributed by atoms with E-state index in [4.69, 9.17) is 11.6 Å². The maximum absolute atomic E-state index is 12.9. The van der Waals surface area contributed by atoms with Crippen molar-refractivity contribution in [2.24, 2.45) is 0 Å². The molecule has 1 heterocycles. The molecule has 1 N–H and O–H groups in total. The Kier molecular flexibility index (Phi) is 3.91. The van der Waals surface area contributed by atoms with Gasteiger partial charge in [0.15, 0.2) is 0 Å². The summed E-state index contributed by atoms with van der Waals surface area (Å²) in [5.41, 5.74) is 0. The molecule has 18 heavy (non-hydrogen) atoms. The zero-order chi connectivity index (χ0) is 13.3. The van der Waals surface area contributed by atoms with Crippen LogP contribution in [0.1, 0.15) is 6.42 Å². The molecule has 1 atom stereocenters. The summed E-state index contributed by atoms with van der Waals surface area (Å²) >= 11 is 5.80. The summed E-state index contributed by atoms with van der Waals surface area (Å²) in [5.74, 6) is -0.552. The predicted molar refractivity (Wildman–Crippen MR) is 67.6 cm³/mol. The van der Waals surface area contributed by atoms with E-state index in [1.54, 1.807) is 0 Å². The molecular weight excluding hydrogens is 279 g/mol. The Morgan fingerprint density at radius 3 is 2.78 bits per heavy atom. The van der Waals surface area contributed by atoms with Gasteiger partial charge in [-0.3, -0.25) is 0 Å². The van der Waals surface area contributed by atoms with E-state index >= 15 is 0 Å². The average molecular weight is 293 g/mol. The van der Waals surface area contributed by atoms with E-state index in [-0.39, 0.29) is 16.0 Å². The van der Waals surface area contributed by atoms with Crippen molar-refractivity contribution in [2.75, 3.05) is 20.1 Å².